The molecule has 1 atom stereocenters. The van der Waals surface area contributed by atoms with Gasteiger partial charge in [0.1, 0.15) is 18.4 Å². The van der Waals surface area contributed by atoms with Crippen LogP contribution >= 0.6 is 0 Å². The van der Waals surface area contributed by atoms with Gasteiger partial charge in [0.25, 0.3) is 0 Å². The zero-order valence-electron chi connectivity index (χ0n) is 26.3. The Morgan fingerprint density at radius 3 is 2.07 bits per heavy atom. The molecule has 0 saturated carbocycles. The fourth-order valence-electron chi connectivity index (χ4n) is 6.16. The molecular formula is C35H52N4O3. The highest BCUT2D eigenvalue weighted by Gasteiger charge is 2.33. The Bertz CT molecular complexity index is 1090. The van der Waals surface area contributed by atoms with Crippen molar-refractivity contribution in [2.24, 2.45) is 11.8 Å². The molecule has 1 N–H and O–H groups in total. The van der Waals surface area contributed by atoms with Crippen LogP contribution in [0.15, 0.2) is 54.6 Å². The number of nitrogens with zero attached hydrogens (tertiary/aromatic N) is 3. The highest BCUT2D eigenvalue weighted by atomic mass is 16.5. The predicted octanol–water partition coefficient (Wildman–Crippen LogP) is 6.72. The molecule has 0 radical (unpaired) electrons. The molecule has 0 aromatic heterocycles. The van der Waals surface area contributed by atoms with E-state index < -0.39 is 6.04 Å². The molecule has 2 aromatic rings. The second kappa shape index (κ2) is 15.9. The minimum atomic E-state index is -0.465. The molecule has 2 saturated heterocycles. The number of hydrogen-bond donors (Lipinski definition) is 1. The van der Waals surface area contributed by atoms with Crippen molar-refractivity contribution in [1.29, 1.82) is 0 Å². The summed E-state index contributed by atoms with van der Waals surface area (Å²) in [6.07, 6.45) is 6.93. The fourth-order valence-corrected chi connectivity index (χ4v) is 6.16. The van der Waals surface area contributed by atoms with Crippen molar-refractivity contribution in [1.82, 2.24) is 15.1 Å². The number of nitrogens with one attached hydrogen (secondary N) is 1. The molecule has 7 heteroatoms. The molecule has 230 valence electrons. The van der Waals surface area contributed by atoms with E-state index in [0.29, 0.717) is 44.0 Å². The summed E-state index contributed by atoms with van der Waals surface area (Å²) >= 11 is 0. The van der Waals surface area contributed by atoms with Crippen LogP contribution in [0.1, 0.15) is 78.2 Å². The van der Waals surface area contributed by atoms with E-state index in [1.54, 1.807) is 0 Å². The van der Waals surface area contributed by atoms with Gasteiger partial charge in [0.2, 0.25) is 5.91 Å². The largest absolute Gasteiger partial charge is 0.489 e. The van der Waals surface area contributed by atoms with Crippen molar-refractivity contribution in [3.05, 3.63) is 60.2 Å². The number of urea groups is 1. The monoisotopic (exact) mass is 576 g/mol. The normalized spacial score (nSPS) is 17.2. The first kappa shape index (κ1) is 31.7. The van der Waals surface area contributed by atoms with E-state index in [2.05, 4.69) is 74.3 Å². The summed E-state index contributed by atoms with van der Waals surface area (Å²) in [5, 5.41) is 3.13. The van der Waals surface area contributed by atoms with E-state index in [1.807, 2.05) is 28.0 Å². The Hall–Kier alpha value is -3.22. The molecule has 1 unspecified atom stereocenters. The number of rotatable bonds is 11. The Labute approximate surface area is 253 Å². The van der Waals surface area contributed by atoms with Crippen LogP contribution in [0.25, 0.3) is 0 Å². The molecule has 4 rings (SSSR count). The maximum absolute atomic E-state index is 13.7. The lowest BCUT2D eigenvalue weighted by molar-refractivity contribution is -0.134. The topological polar surface area (TPSA) is 65.1 Å². The van der Waals surface area contributed by atoms with Gasteiger partial charge in [0, 0.05) is 44.5 Å². The zero-order valence-corrected chi connectivity index (χ0v) is 26.3. The standard InChI is InChI=1S/C35H52N4O3/c1-27(2)24-33(36-35(41)38-20-10-5-6-11-21-38)34(40)37-22-18-31(19-23-37)39(25-28(3)4)30-14-16-32(17-15-30)42-26-29-12-8-7-9-13-29/h7-9,12-17,27-28,31,33H,5-6,10-11,18-26H2,1-4H3,(H,36,41). The number of benzene rings is 2. The minimum Gasteiger partial charge on any atom is -0.489 e. The summed E-state index contributed by atoms with van der Waals surface area (Å²) in [6.45, 7) is 13.3. The van der Waals surface area contributed by atoms with E-state index in [9.17, 15) is 9.59 Å². The second-order valence-electron chi connectivity index (χ2n) is 12.9. The van der Waals surface area contributed by atoms with Gasteiger partial charge in [0.15, 0.2) is 0 Å². The molecule has 2 heterocycles. The summed E-state index contributed by atoms with van der Waals surface area (Å²) < 4.78 is 6.02. The van der Waals surface area contributed by atoms with Gasteiger partial charge in [-0.25, -0.2) is 4.79 Å². The number of carbonyl (C=O) groups is 2. The van der Waals surface area contributed by atoms with Crippen molar-refractivity contribution in [3.63, 3.8) is 0 Å². The number of amides is 3. The molecule has 42 heavy (non-hydrogen) atoms. The van der Waals surface area contributed by atoms with E-state index in [0.717, 1.165) is 56.6 Å². The third kappa shape index (κ3) is 9.40. The zero-order chi connectivity index (χ0) is 29.9. The van der Waals surface area contributed by atoms with Crippen molar-refractivity contribution in [2.45, 2.75) is 91.3 Å². The first-order chi connectivity index (χ1) is 20.3. The quantitative estimate of drug-likeness (QED) is 0.323. The molecule has 3 amide bonds. The van der Waals surface area contributed by atoms with Gasteiger partial charge in [-0.3, -0.25) is 4.79 Å². The van der Waals surface area contributed by atoms with Crippen molar-refractivity contribution >= 4 is 17.6 Å². The Morgan fingerprint density at radius 2 is 1.48 bits per heavy atom. The second-order valence-corrected chi connectivity index (χ2v) is 12.9. The number of hydrogen-bond acceptors (Lipinski definition) is 4. The summed E-state index contributed by atoms with van der Waals surface area (Å²) in [5.41, 5.74) is 2.35. The Kier molecular flexibility index (Phi) is 12.0. The fraction of sp³-hybridized carbons (Fsp3) is 0.600. The van der Waals surface area contributed by atoms with Crippen molar-refractivity contribution in [2.75, 3.05) is 37.6 Å². The lowest BCUT2D eigenvalue weighted by Gasteiger charge is -2.41. The maximum atomic E-state index is 13.7. The van der Waals surface area contributed by atoms with Gasteiger partial charge in [0.05, 0.1) is 0 Å². The lowest BCUT2D eigenvalue weighted by Crippen LogP contribution is -2.55. The van der Waals surface area contributed by atoms with Crippen LogP contribution in [0.5, 0.6) is 5.75 Å². The number of carbonyl (C=O) groups excluding carboxylic acids is 2. The van der Waals surface area contributed by atoms with Gasteiger partial charge in [-0.2, -0.15) is 0 Å². The van der Waals surface area contributed by atoms with Gasteiger partial charge < -0.3 is 24.8 Å². The molecule has 7 nitrogen and oxygen atoms in total. The minimum absolute atomic E-state index is 0.0700. The van der Waals surface area contributed by atoms with Gasteiger partial charge in [-0.15, -0.1) is 0 Å². The van der Waals surface area contributed by atoms with Crippen molar-refractivity contribution < 1.29 is 14.3 Å². The first-order valence-corrected chi connectivity index (χ1v) is 16.2. The smallest absolute Gasteiger partial charge is 0.318 e. The van der Waals surface area contributed by atoms with Crippen LogP contribution in [0, 0.1) is 11.8 Å². The molecule has 2 aliphatic rings. The van der Waals surface area contributed by atoms with Crippen LogP contribution < -0.4 is 15.0 Å². The van der Waals surface area contributed by atoms with Gasteiger partial charge in [-0.05, 0) is 73.8 Å². The summed E-state index contributed by atoms with van der Waals surface area (Å²) in [5.74, 6) is 1.77. The highest BCUT2D eigenvalue weighted by molar-refractivity contribution is 5.87. The van der Waals surface area contributed by atoms with E-state index >= 15 is 0 Å². The van der Waals surface area contributed by atoms with Crippen molar-refractivity contribution in [3.8, 4) is 5.75 Å². The number of piperidine rings is 1. The molecule has 0 bridgehead atoms. The molecule has 2 fully saturated rings. The van der Waals surface area contributed by atoms with Crippen LogP contribution in [0.3, 0.4) is 0 Å². The van der Waals surface area contributed by atoms with Crippen LogP contribution in [-0.4, -0.2) is 66.5 Å². The van der Waals surface area contributed by atoms with Crippen LogP contribution in [0.4, 0.5) is 10.5 Å². The van der Waals surface area contributed by atoms with Gasteiger partial charge >= 0.3 is 6.03 Å². The summed E-state index contributed by atoms with van der Waals surface area (Å²) in [6, 6.07) is 18.5. The average Bonchev–Trinajstić information content (AvgIpc) is 3.29. The summed E-state index contributed by atoms with van der Waals surface area (Å²) in [4.78, 5) is 33.2. The van der Waals surface area contributed by atoms with Crippen LogP contribution in [0.2, 0.25) is 0 Å². The van der Waals surface area contributed by atoms with E-state index in [-0.39, 0.29) is 11.9 Å². The SMILES string of the molecule is CC(C)CC(NC(=O)N1CCCCCC1)C(=O)N1CCC(N(CC(C)C)c2ccc(OCc3ccccc3)cc2)CC1. The predicted molar refractivity (Wildman–Crippen MR) is 171 cm³/mol. The molecule has 2 aromatic carbocycles. The van der Waals surface area contributed by atoms with E-state index in [4.69, 9.17) is 4.74 Å². The third-order valence-corrected chi connectivity index (χ3v) is 8.39. The highest BCUT2D eigenvalue weighted by Crippen LogP contribution is 2.28. The Morgan fingerprint density at radius 1 is 0.833 bits per heavy atom. The number of anilines is 1. The van der Waals surface area contributed by atoms with Crippen LogP contribution in [-0.2, 0) is 11.4 Å². The van der Waals surface area contributed by atoms with Gasteiger partial charge in [-0.1, -0.05) is 70.9 Å². The number of ether oxygens (including phenoxy) is 1. The molecule has 0 aliphatic carbocycles. The Balaban J connectivity index is 1.35. The summed E-state index contributed by atoms with van der Waals surface area (Å²) in [7, 11) is 0. The maximum Gasteiger partial charge on any atom is 0.318 e. The lowest BCUT2D eigenvalue weighted by atomic mass is 9.98. The molecule has 2 aliphatic heterocycles. The number of likely N-dealkylation sites (tertiary alicyclic amines) is 2. The third-order valence-electron chi connectivity index (χ3n) is 8.39. The first-order valence-electron chi connectivity index (χ1n) is 16.2. The molecule has 0 spiro atoms. The molecular weight excluding hydrogens is 524 g/mol. The average molecular weight is 577 g/mol. The van der Waals surface area contributed by atoms with E-state index in [1.165, 1.54) is 18.5 Å².